The molecule has 0 spiro atoms. The number of carbonyl (C=O) groups is 1. The van der Waals surface area contributed by atoms with Crippen molar-refractivity contribution in [2.75, 3.05) is 31.2 Å². The summed E-state index contributed by atoms with van der Waals surface area (Å²) in [4.78, 5) is 14.0. The Labute approximate surface area is 111 Å². The van der Waals surface area contributed by atoms with Gasteiger partial charge in [0.1, 0.15) is 5.54 Å². The summed E-state index contributed by atoms with van der Waals surface area (Å²) in [7, 11) is -0.677. The second kappa shape index (κ2) is 6.63. The third-order valence-corrected chi connectivity index (χ3v) is 4.57. The quantitative estimate of drug-likeness (QED) is 0.722. The van der Waals surface area contributed by atoms with E-state index >= 15 is 0 Å². The summed E-state index contributed by atoms with van der Waals surface area (Å²) in [5.74, 6) is 1.08. The maximum Gasteiger partial charge on any atom is 0.325 e. The molecule has 5 nitrogen and oxygen atoms in total. The van der Waals surface area contributed by atoms with Crippen LogP contribution in [-0.2, 0) is 20.3 Å². The summed E-state index contributed by atoms with van der Waals surface area (Å²) in [6, 6.07) is 0.196. The highest BCUT2D eigenvalue weighted by molar-refractivity contribution is 7.85. The fraction of sp³-hybridized carbons (Fsp3) is 0.917. The summed E-state index contributed by atoms with van der Waals surface area (Å²) in [6.07, 6.45) is 0.554. The Balaban J connectivity index is 2.50. The fourth-order valence-corrected chi connectivity index (χ4v) is 3.30. The molecular weight excluding hydrogens is 252 g/mol. The minimum Gasteiger partial charge on any atom is -0.465 e. The van der Waals surface area contributed by atoms with Gasteiger partial charge in [-0.2, -0.15) is 0 Å². The van der Waals surface area contributed by atoms with E-state index < -0.39 is 16.3 Å². The van der Waals surface area contributed by atoms with Gasteiger partial charge in [-0.05, 0) is 27.2 Å². The van der Waals surface area contributed by atoms with Gasteiger partial charge < -0.3 is 10.5 Å². The molecule has 2 N–H and O–H groups in total. The normalized spacial score (nSPS) is 23.3. The van der Waals surface area contributed by atoms with E-state index in [2.05, 4.69) is 11.8 Å². The number of rotatable bonds is 5. The average Bonchev–Trinajstić information content (AvgIpc) is 2.29. The lowest BCUT2D eigenvalue weighted by Crippen LogP contribution is -2.52. The van der Waals surface area contributed by atoms with Crippen molar-refractivity contribution < 1.29 is 13.7 Å². The summed E-state index contributed by atoms with van der Waals surface area (Å²) >= 11 is 0. The van der Waals surface area contributed by atoms with Crippen molar-refractivity contribution in [3.05, 3.63) is 0 Å². The number of hydrogen-bond donors (Lipinski definition) is 1. The molecule has 1 aliphatic heterocycles. The van der Waals surface area contributed by atoms with Gasteiger partial charge in [0.05, 0.1) is 6.61 Å². The molecule has 18 heavy (non-hydrogen) atoms. The van der Waals surface area contributed by atoms with Crippen molar-refractivity contribution in [3.63, 3.8) is 0 Å². The predicted octanol–water partition coefficient (Wildman–Crippen LogP) is 0.110. The Bertz CT molecular complexity index is 310. The van der Waals surface area contributed by atoms with E-state index in [1.165, 1.54) is 0 Å². The molecule has 1 rings (SSSR count). The van der Waals surface area contributed by atoms with E-state index in [9.17, 15) is 9.00 Å². The minimum absolute atomic E-state index is 0.196. The Morgan fingerprint density at radius 1 is 1.50 bits per heavy atom. The summed E-state index contributed by atoms with van der Waals surface area (Å²) < 4.78 is 16.3. The van der Waals surface area contributed by atoms with Crippen LogP contribution in [0.1, 0.15) is 27.2 Å². The number of esters is 1. The van der Waals surface area contributed by atoms with Crippen LogP contribution >= 0.6 is 0 Å². The highest BCUT2D eigenvalue weighted by Gasteiger charge is 2.34. The second-order valence-electron chi connectivity index (χ2n) is 5.08. The van der Waals surface area contributed by atoms with Crippen LogP contribution in [0.2, 0.25) is 0 Å². The van der Waals surface area contributed by atoms with Crippen LogP contribution in [0.3, 0.4) is 0 Å². The molecule has 0 aromatic rings. The third kappa shape index (κ3) is 4.33. The Morgan fingerprint density at radius 3 is 2.56 bits per heavy atom. The molecule has 0 aliphatic carbocycles. The Kier molecular flexibility index (Phi) is 5.75. The van der Waals surface area contributed by atoms with E-state index in [0.29, 0.717) is 24.5 Å². The third-order valence-electron chi connectivity index (χ3n) is 3.30. The molecule has 1 fully saturated rings. The zero-order valence-corrected chi connectivity index (χ0v) is 12.3. The molecule has 0 saturated carbocycles. The van der Waals surface area contributed by atoms with Crippen molar-refractivity contribution in [1.82, 2.24) is 4.90 Å². The van der Waals surface area contributed by atoms with Gasteiger partial charge in [-0.25, -0.2) is 0 Å². The second-order valence-corrected chi connectivity index (χ2v) is 6.77. The first kappa shape index (κ1) is 15.6. The molecule has 6 heteroatoms. The van der Waals surface area contributed by atoms with Gasteiger partial charge in [0.25, 0.3) is 0 Å². The van der Waals surface area contributed by atoms with Gasteiger partial charge in [0.15, 0.2) is 0 Å². The van der Waals surface area contributed by atoms with Crippen LogP contribution in [0, 0.1) is 0 Å². The van der Waals surface area contributed by atoms with Gasteiger partial charge >= 0.3 is 5.97 Å². The fourth-order valence-electron chi connectivity index (χ4n) is 2.21. The highest BCUT2D eigenvalue weighted by atomic mass is 32.2. The molecule has 1 aliphatic rings. The van der Waals surface area contributed by atoms with Crippen molar-refractivity contribution >= 4 is 16.8 Å². The molecule has 0 bridgehead atoms. The zero-order valence-electron chi connectivity index (χ0n) is 11.5. The topological polar surface area (TPSA) is 72.6 Å². The van der Waals surface area contributed by atoms with Crippen LogP contribution in [0.15, 0.2) is 0 Å². The van der Waals surface area contributed by atoms with Crippen LogP contribution < -0.4 is 5.73 Å². The number of nitrogens with zero attached hydrogens (tertiary/aromatic N) is 1. The molecule has 0 aromatic carbocycles. The average molecular weight is 276 g/mol. The maximum absolute atomic E-state index is 11.7. The summed E-state index contributed by atoms with van der Waals surface area (Å²) in [6.45, 7) is 7.52. The van der Waals surface area contributed by atoms with Crippen molar-refractivity contribution in [3.8, 4) is 0 Å². The molecule has 1 saturated heterocycles. The van der Waals surface area contributed by atoms with E-state index in [-0.39, 0.29) is 12.0 Å². The van der Waals surface area contributed by atoms with Gasteiger partial charge in [-0.3, -0.25) is 13.9 Å². The molecule has 1 heterocycles. The van der Waals surface area contributed by atoms with Gasteiger partial charge in [0.2, 0.25) is 0 Å². The minimum atomic E-state index is -0.952. The SMILES string of the molecule is CCOC(=O)C(C)(N)CC(C)N1CCS(=O)CC1. The van der Waals surface area contributed by atoms with Gasteiger partial charge in [-0.15, -0.1) is 0 Å². The molecule has 2 unspecified atom stereocenters. The van der Waals surface area contributed by atoms with E-state index in [0.717, 1.165) is 13.1 Å². The lowest BCUT2D eigenvalue weighted by atomic mass is 9.94. The summed E-state index contributed by atoms with van der Waals surface area (Å²) in [5, 5.41) is 0. The lowest BCUT2D eigenvalue weighted by molar-refractivity contribution is -0.149. The van der Waals surface area contributed by atoms with E-state index in [1.807, 2.05) is 0 Å². The number of carbonyl (C=O) groups excluding carboxylic acids is 1. The smallest absolute Gasteiger partial charge is 0.325 e. The van der Waals surface area contributed by atoms with E-state index in [1.54, 1.807) is 13.8 Å². The molecule has 2 atom stereocenters. The standard InChI is InChI=1S/C12H24N2O3S/c1-4-17-11(15)12(3,13)9-10(2)14-5-7-18(16)8-6-14/h10H,4-9,13H2,1-3H3. The molecule has 0 aromatic heterocycles. The van der Waals surface area contributed by atoms with Gasteiger partial charge in [0, 0.05) is 41.4 Å². The van der Waals surface area contributed by atoms with Crippen LogP contribution in [-0.4, -0.2) is 57.9 Å². The molecular formula is C12H24N2O3S. The molecule has 0 amide bonds. The monoisotopic (exact) mass is 276 g/mol. The Hall–Kier alpha value is -0.460. The maximum atomic E-state index is 11.7. The van der Waals surface area contributed by atoms with Crippen LogP contribution in [0.25, 0.3) is 0 Å². The zero-order chi connectivity index (χ0) is 13.8. The van der Waals surface area contributed by atoms with Crippen LogP contribution in [0.4, 0.5) is 0 Å². The van der Waals surface area contributed by atoms with Gasteiger partial charge in [-0.1, -0.05) is 0 Å². The largest absolute Gasteiger partial charge is 0.465 e. The predicted molar refractivity (Wildman–Crippen MR) is 72.8 cm³/mol. The number of hydrogen-bond acceptors (Lipinski definition) is 5. The van der Waals surface area contributed by atoms with Crippen molar-refractivity contribution in [2.24, 2.45) is 5.73 Å². The first-order chi connectivity index (χ1) is 8.36. The first-order valence-corrected chi connectivity index (χ1v) is 7.90. The van der Waals surface area contributed by atoms with Crippen molar-refractivity contribution in [2.45, 2.75) is 38.8 Å². The van der Waals surface area contributed by atoms with E-state index in [4.69, 9.17) is 10.5 Å². The van der Waals surface area contributed by atoms with Crippen LogP contribution in [0.5, 0.6) is 0 Å². The van der Waals surface area contributed by atoms with Crippen molar-refractivity contribution in [1.29, 1.82) is 0 Å². The lowest BCUT2D eigenvalue weighted by Gasteiger charge is -2.35. The number of ether oxygens (including phenoxy) is 1. The molecule has 106 valence electrons. The highest BCUT2D eigenvalue weighted by Crippen LogP contribution is 2.17. The summed E-state index contributed by atoms with van der Waals surface area (Å²) in [5.41, 5.74) is 5.07. The number of nitrogens with two attached hydrogens (primary N) is 1. The first-order valence-electron chi connectivity index (χ1n) is 6.42. The molecule has 0 radical (unpaired) electrons. The Morgan fingerprint density at radius 2 is 2.06 bits per heavy atom.